The maximum Gasteiger partial charge on any atom is 0.408 e. The third kappa shape index (κ3) is 2.33. The van der Waals surface area contributed by atoms with Crippen LogP contribution in [0.3, 0.4) is 0 Å². The Morgan fingerprint density at radius 2 is 2.00 bits per heavy atom. The van der Waals surface area contributed by atoms with Crippen molar-refractivity contribution in [2.45, 2.75) is 26.0 Å². The predicted molar refractivity (Wildman–Crippen MR) is 69.7 cm³/mol. The summed E-state index contributed by atoms with van der Waals surface area (Å²) >= 11 is 0. The van der Waals surface area contributed by atoms with Gasteiger partial charge in [-0.05, 0) is 11.5 Å². The highest BCUT2D eigenvalue weighted by atomic mass is 16.6. The number of cyclic esters (lactones) is 1. The number of amides is 1. The van der Waals surface area contributed by atoms with Crippen molar-refractivity contribution in [3.63, 3.8) is 0 Å². The number of hydrogen-bond donors (Lipinski definition) is 1. The zero-order valence-electron chi connectivity index (χ0n) is 10.6. The highest BCUT2D eigenvalue weighted by Gasteiger charge is 2.39. The van der Waals surface area contributed by atoms with Gasteiger partial charge in [-0.3, -0.25) is 0 Å². The maximum absolute atomic E-state index is 11.6. The average molecular weight is 243 g/mol. The summed E-state index contributed by atoms with van der Waals surface area (Å²) in [6.45, 7) is 4.09. The number of carbonyl (C=O) groups excluding carboxylic acids is 1. The molecule has 1 aliphatic rings. The molecule has 1 aliphatic heterocycles. The van der Waals surface area contributed by atoms with Gasteiger partial charge in [-0.1, -0.05) is 50.1 Å². The lowest BCUT2D eigenvalue weighted by Crippen LogP contribution is -2.51. The number of hydrogen-bond acceptors (Lipinski definition) is 2. The molecule has 0 spiro atoms. The fourth-order valence-corrected chi connectivity index (χ4v) is 2.33. The van der Waals surface area contributed by atoms with Crippen molar-refractivity contribution in [3.8, 4) is 12.3 Å². The summed E-state index contributed by atoms with van der Waals surface area (Å²) in [6.07, 6.45) is 4.87. The zero-order valence-corrected chi connectivity index (χ0v) is 10.6. The number of terminal acetylenes is 1. The average Bonchev–Trinajstić information content (AvgIpc) is 2.38. The third-order valence-electron chi connectivity index (χ3n) is 3.27. The van der Waals surface area contributed by atoms with E-state index in [2.05, 4.69) is 11.2 Å². The van der Waals surface area contributed by atoms with Crippen LogP contribution in [0.1, 0.15) is 25.5 Å². The number of carbonyl (C=O) groups is 1. The Bertz CT molecular complexity index is 461. The summed E-state index contributed by atoms with van der Waals surface area (Å²) in [7, 11) is 0. The number of alkyl carbamates (subject to hydrolysis) is 1. The fraction of sp³-hybridized carbons (Fsp3) is 0.400. The smallest absolute Gasteiger partial charge is 0.408 e. The fourth-order valence-electron chi connectivity index (χ4n) is 2.33. The van der Waals surface area contributed by atoms with Crippen LogP contribution in [0.4, 0.5) is 4.79 Å². The molecule has 0 saturated carbocycles. The highest BCUT2D eigenvalue weighted by Crippen LogP contribution is 2.33. The van der Waals surface area contributed by atoms with Gasteiger partial charge in [-0.15, -0.1) is 6.42 Å². The number of nitrogens with one attached hydrogen (secondary N) is 1. The van der Waals surface area contributed by atoms with Crippen LogP contribution in [0.25, 0.3) is 0 Å². The second-order valence-corrected chi connectivity index (χ2v) is 4.84. The molecule has 3 heteroatoms. The lowest BCUT2D eigenvalue weighted by molar-refractivity contribution is 0.0251. The van der Waals surface area contributed by atoms with Crippen molar-refractivity contribution in [2.75, 3.05) is 0 Å². The maximum atomic E-state index is 11.6. The van der Waals surface area contributed by atoms with Gasteiger partial charge in [-0.25, -0.2) is 4.79 Å². The van der Waals surface area contributed by atoms with Crippen LogP contribution in [-0.2, 0) is 4.74 Å². The predicted octanol–water partition coefficient (Wildman–Crippen LogP) is 2.74. The zero-order chi connectivity index (χ0) is 13.1. The van der Waals surface area contributed by atoms with E-state index in [1.54, 1.807) is 0 Å². The molecule has 3 atom stereocenters. The molecule has 0 radical (unpaired) electrons. The summed E-state index contributed by atoms with van der Waals surface area (Å²) in [5, 5.41) is 2.81. The van der Waals surface area contributed by atoms with E-state index >= 15 is 0 Å². The van der Waals surface area contributed by atoms with E-state index in [1.165, 1.54) is 0 Å². The molecule has 94 valence electrons. The van der Waals surface area contributed by atoms with Gasteiger partial charge >= 0.3 is 6.09 Å². The SMILES string of the molecule is C#C[C@@H]1[C@H](c2ccccc2)OC(=O)N[C@H]1C(C)C. The van der Waals surface area contributed by atoms with Crippen molar-refractivity contribution < 1.29 is 9.53 Å². The van der Waals surface area contributed by atoms with E-state index in [0.29, 0.717) is 0 Å². The molecule has 3 nitrogen and oxygen atoms in total. The number of rotatable bonds is 2. The van der Waals surface area contributed by atoms with E-state index in [1.807, 2.05) is 44.2 Å². The Labute approximate surface area is 108 Å². The summed E-state index contributed by atoms with van der Waals surface area (Å²) in [5.74, 6) is 2.89. The second-order valence-electron chi connectivity index (χ2n) is 4.84. The molecule has 1 aromatic rings. The first-order valence-corrected chi connectivity index (χ1v) is 6.11. The van der Waals surface area contributed by atoms with Crippen molar-refractivity contribution >= 4 is 6.09 Å². The van der Waals surface area contributed by atoms with Crippen molar-refractivity contribution in [2.24, 2.45) is 11.8 Å². The van der Waals surface area contributed by atoms with Gasteiger partial charge in [0, 0.05) is 0 Å². The minimum Gasteiger partial charge on any atom is -0.440 e. The second kappa shape index (κ2) is 5.14. The van der Waals surface area contributed by atoms with Crippen LogP contribution in [0, 0.1) is 24.2 Å². The van der Waals surface area contributed by atoms with Gasteiger partial charge in [0.25, 0.3) is 0 Å². The molecule has 0 aromatic heterocycles. The Balaban J connectivity index is 2.33. The van der Waals surface area contributed by atoms with E-state index in [9.17, 15) is 4.79 Å². The van der Waals surface area contributed by atoms with Crippen LogP contribution >= 0.6 is 0 Å². The summed E-state index contributed by atoms with van der Waals surface area (Å²) < 4.78 is 5.36. The minimum atomic E-state index is -0.394. The Morgan fingerprint density at radius 3 is 2.56 bits per heavy atom. The van der Waals surface area contributed by atoms with Crippen molar-refractivity contribution in [3.05, 3.63) is 35.9 Å². The highest BCUT2D eigenvalue weighted by molar-refractivity contribution is 5.69. The molecule has 18 heavy (non-hydrogen) atoms. The molecular weight excluding hydrogens is 226 g/mol. The van der Waals surface area contributed by atoms with Gasteiger partial charge in [0.1, 0.15) is 6.10 Å². The molecule has 1 N–H and O–H groups in total. The van der Waals surface area contributed by atoms with Gasteiger partial charge < -0.3 is 10.1 Å². The van der Waals surface area contributed by atoms with Crippen LogP contribution in [0.15, 0.2) is 30.3 Å². The summed E-state index contributed by atoms with van der Waals surface area (Å²) in [6, 6.07) is 9.58. The van der Waals surface area contributed by atoms with Gasteiger partial charge in [-0.2, -0.15) is 0 Å². The normalized spacial score (nSPS) is 27.2. The molecule has 1 amide bonds. The van der Waals surface area contributed by atoms with Crippen LogP contribution in [0.2, 0.25) is 0 Å². The van der Waals surface area contributed by atoms with Crippen molar-refractivity contribution in [1.29, 1.82) is 0 Å². The lowest BCUT2D eigenvalue weighted by atomic mass is 9.83. The molecule has 1 saturated heterocycles. The molecule has 2 rings (SSSR count). The van der Waals surface area contributed by atoms with Crippen molar-refractivity contribution in [1.82, 2.24) is 5.32 Å². The lowest BCUT2D eigenvalue weighted by Gasteiger charge is -2.37. The Kier molecular flexibility index (Phi) is 3.57. The largest absolute Gasteiger partial charge is 0.440 e. The van der Waals surface area contributed by atoms with Gasteiger partial charge in [0.2, 0.25) is 0 Å². The summed E-state index contributed by atoms with van der Waals surface area (Å²) in [5.41, 5.74) is 0.945. The minimum absolute atomic E-state index is 0.0542. The summed E-state index contributed by atoms with van der Waals surface area (Å²) in [4.78, 5) is 11.6. The molecule has 1 aromatic carbocycles. The Hall–Kier alpha value is -1.95. The molecule has 1 fully saturated rings. The third-order valence-corrected chi connectivity index (χ3v) is 3.27. The topological polar surface area (TPSA) is 38.3 Å². The molecule has 0 unspecified atom stereocenters. The van der Waals surface area contributed by atoms with Crippen LogP contribution < -0.4 is 5.32 Å². The van der Waals surface area contributed by atoms with E-state index in [0.717, 1.165) is 5.56 Å². The van der Waals surface area contributed by atoms with E-state index < -0.39 is 6.09 Å². The molecule has 0 bridgehead atoms. The van der Waals surface area contributed by atoms with Gasteiger partial charge in [0.15, 0.2) is 0 Å². The van der Waals surface area contributed by atoms with Crippen LogP contribution in [0.5, 0.6) is 0 Å². The first-order chi connectivity index (χ1) is 8.63. The first kappa shape index (κ1) is 12.5. The standard InChI is InChI=1S/C15H17NO2/c1-4-12-13(10(2)3)16-15(17)18-14(12)11-8-6-5-7-9-11/h1,5-10,12-14H,2-3H3,(H,16,17)/t12-,13-,14-/m0/s1. The first-order valence-electron chi connectivity index (χ1n) is 6.11. The molecule has 0 aliphatic carbocycles. The van der Waals surface area contributed by atoms with Gasteiger partial charge in [0.05, 0.1) is 12.0 Å². The Morgan fingerprint density at radius 1 is 1.33 bits per heavy atom. The van der Waals surface area contributed by atoms with Crippen LogP contribution in [-0.4, -0.2) is 12.1 Å². The molecule has 1 heterocycles. The number of ether oxygens (including phenoxy) is 1. The molecular formula is C15H17NO2. The quantitative estimate of drug-likeness (QED) is 0.811. The van der Waals surface area contributed by atoms with E-state index in [4.69, 9.17) is 11.2 Å². The number of benzene rings is 1. The van der Waals surface area contributed by atoms with E-state index in [-0.39, 0.29) is 24.0 Å². The monoisotopic (exact) mass is 243 g/mol.